The predicted octanol–water partition coefficient (Wildman–Crippen LogP) is -3.30. The molecule has 8 N–H and O–H groups in total. The zero-order valence-electron chi connectivity index (χ0n) is 2.35. The van der Waals surface area contributed by atoms with E-state index >= 15 is 0 Å². The first-order valence-corrected chi connectivity index (χ1v) is 0. The third-order valence-electron chi connectivity index (χ3n) is 0. The zero-order chi connectivity index (χ0) is 0. The number of rotatable bonds is 0. The molecule has 0 radical (unpaired) electrons. The summed E-state index contributed by atoms with van der Waals surface area (Å²) >= 11 is 0. The fraction of sp³-hybridized carbons (Fsp3) is 0. The van der Waals surface area contributed by atoms with Gasteiger partial charge in [0.2, 0.25) is 0 Å². The second kappa shape index (κ2) is 238. The van der Waals surface area contributed by atoms with Crippen molar-refractivity contribution in [3.05, 3.63) is 0 Å². The van der Waals surface area contributed by atoms with Gasteiger partial charge in [-0.25, -0.2) is 0 Å². The second-order valence-corrected chi connectivity index (χ2v) is 0. The van der Waals surface area contributed by atoms with Crippen LogP contribution in [0.4, 0.5) is 0 Å². The monoisotopic (exact) mass is 264 g/mol. The molecule has 0 bridgehead atoms. The molecule has 0 fully saturated rings. The molecule has 0 aromatic heterocycles. The van der Waals surface area contributed by atoms with Crippen molar-refractivity contribution in [1.82, 2.24) is 0 Å². The molecule has 5 heteroatoms. The van der Waals surface area contributed by atoms with Crippen LogP contribution in [0.1, 0.15) is 0 Å². The summed E-state index contributed by atoms with van der Waals surface area (Å²) in [6, 6.07) is 0. The molecule has 0 amide bonds. The molecule has 0 heterocycles. The largest absolute Gasteiger partial charge is 0.412 e. The van der Waals surface area contributed by atoms with Crippen LogP contribution in [-0.4, -0.2) is 21.9 Å². The molecule has 4 nitrogen and oxygen atoms in total. The van der Waals surface area contributed by atoms with Crippen LogP contribution in [0.25, 0.3) is 0 Å². The normalized spacial score (nSPS) is 0. The minimum absolute atomic E-state index is 0. The molecule has 0 saturated heterocycles. The van der Waals surface area contributed by atoms with E-state index in [0.29, 0.717) is 0 Å². The quantitative estimate of drug-likeness (QED) is 0.433. The molecular weight excluding hydrogens is 254 g/mol. The first kappa shape index (κ1) is 484. The Bertz CT molecular complexity index is 3.61. The molecule has 0 rings (SSSR count). The van der Waals surface area contributed by atoms with Crippen LogP contribution in [0.15, 0.2) is 0 Å². The molecule has 40 valence electrons. The van der Waals surface area contributed by atoms with Gasteiger partial charge in [0.05, 0.1) is 0 Å². The molecule has 0 aliphatic heterocycles. The summed E-state index contributed by atoms with van der Waals surface area (Å²) in [6.07, 6.45) is 0. The molecule has 0 aliphatic carbocycles. The topological polar surface area (TPSA) is 126 Å². The minimum Gasteiger partial charge on any atom is -0.412 e. The Morgan fingerprint density at radius 1 is 0.400 bits per heavy atom. The van der Waals surface area contributed by atoms with Gasteiger partial charge in [-0.1, -0.05) is 0 Å². The van der Waals surface area contributed by atoms with Gasteiger partial charge in [0.1, 0.15) is 0 Å². The van der Waals surface area contributed by atoms with Crippen molar-refractivity contribution in [2.24, 2.45) is 0 Å². The molecule has 0 atom stereocenters. The van der Waals surface area contributed by atoms with Gasteiger partial charge >= 0.3 is 0 Å². The summed E-state index contributed by atoms with van der Waals surface area (Å²) in [4.78, 5) is 0. The smallest absolute Gasteiger partial charge is 0 e. The SMILES string of the molecule is O.O.O.O.[Os]. The average molecular weight is 262 g/mol. The standard InChI is InChI=1S/4H2O.Os/h4*1H2;. The van der Waals surface area contributed by atoms with Gasteiger partial charge in [-0.05, 0) is 0 Å². The average Bonchev–Trinajstić information content (AvgIpc) is 0. The van der Waals surface area contributed by atoms with E-state index in [-0.39, 0.29) is 41.7 Å². The van der Waals surface area contributed by atoms with Gasteiger partial charge in [0.25, 0.3) is 0 Å². The Morgan fingerprint density at radius 2 is 0.400 bits per heavy atom. The predicted molar refractivity (Wildman–Crippen MR) is 14.5 cm³/mol. The molecule has 0 aromatic rings. The first-order valence-electron chi connectivity index (χ1n) is 0. The van der Waals surface area contributed by atoms with Gasteiger partial charge in [-0.3, -0.25) is 0 Å². The van der Waals surface area contributed by atoms with E-state index in [9.17, 15) is 0 Å². The van der Waals surface area contributed by atoms with Crippen molar-refractivity contribution in [2.45, 2.75) is 0 Å². The number of hydrogen-bond acceptors (Lipinski definition) is 0. The molecule has 0 aromatic carbocycles. The van der Waals surface area contributed by atoms with Crippen LogP contribution < -0.4 is 0 Å². The molecule has 0 saturated carbocycles. The van der Waals surface area contributed by atoms with E-state index in [0.717, 1.165) is 0 Å². The van der Waals surface area contributed by atoms with E-state index < -0.39 is 0 Å². The van der Waals surface area contributed by atoms with Crippen LogP contribution in [-0.2, 0) is 19.8 Å². The van der Waals surface area contributed by atoms with E-state index in [1.54, 1.807) is 0 Å². The Balaban J connectivity index is 0. The summed E-state index contributed by atoms with van der Waals surface area (Å²) in [5, 5.41) is 0. The van der Waals surface area contributed by atoms with E-state index in [1.807, 2.05) is 0 Å². The summed E-state index contributed by atoms with van der Waals surface area (Å²) in [5.41, 5.74) is 0. The van der Waals surface area contributed by atoms with Crippen molar-refractivity contribution in [1.29, 1.82) is 0 Å². The third kappa shape index (κ3) is 121. The minimum atomic E-state index is 0. The van der Waals surface area contributed by atoms with E-state index in [2.05, 4.69) is 0 Å². The molecule has 5 heavy (non-hydrogen) atoms. The van der Waals surface area contributed by atoms with Crippen LogP contribution in [0.3, 0.4) is 0 Å². The Morgan fingerprint density at radius 3 is 0.400 bits per heavy atom. The Hall–Kier alpha value is 0.476. The zero-order valence-corrected chi connectivity index (χ0v) is 4.89. The fourth-order valence-corrected chi connectivity index (χ4v) is 0. The van der Waals surface area contributed by atoms with E-state index in [4.69, 9.17) is 0 Å². The van der Waals surface area contributed by atoms with Crippen LogP contribution in [0.5, 0.6) is 0 Å². The summed E-state index contributed by atoms with van der Waals surface area (Å²) in [5.74, 6) is 0. The van der Waals surface area contributed by atoms with Gasteiger partial charge in [-0.15, -0.1) is 0 Å². The van der Waals surface area contributed by atoms with Gasteiger partial charge in [0, 0.05) is 19.8 Å². The summed E-state index contributed by atoms with van der Waals surface area (Å²) in [7, 11) is 0. The maximum atomic E-state index is 0. The number of hydrogen-bond donors (Lipinski definition) is 0. The van der Waals surface area contributed by atoms with Gasteiger partial charge in [-0.2, -0.15) is 0 Å². The van der Waals surface area contributed by atoms with Crippen LogP contribution in [0, 0.1) is 0 Å². The Kier molecular flexibility index (Phi) is 23100. The van der Waals surface area contributed by atoms with Crippen molar-refractivity contribution < 1.29 is 41.7 Å². The maximum Gasteiger partial charge on any atom is 0 e. The van der Waals surface area contributed by atoms with Crippen molar-refractivity contribution in [3.63, 3.8) is 0 Å². The molecule has 0 spiro atoms. The van der Waals surface area contributed by atoms with Crippen molar-refractivity contribution >= 4 is 0 Å². The van der Waals surface area contributed by atoms with Crippen molar-refractivity contribution in [2.75, 3.05) is 0 Å². The first-order chi connectivity index (χ1) is 0. The van der Waals surface area contributed by atoms with Gasteiger partial charge in [0.15, 0.2) is 0 Å². The summed E-state index contributed by atoms with van der Waals surface area (Å²) < 4.78 is 0. The molecule has 0 unspecified atom stereocenters. The van der Waals surface area contributed by atoms with Crippen LogP contribution in [0.2, 0.25) is 0 Å². The Labute approximate surface area is 42.5 Å². The molecular formula is H8O4Os. The second-order valence-electron chi connectivity index (χ2n) is 0. The van der Waals surface area contributed by atoms with Crippen LogP contribution >= 0.6 is 0 Å². The molecule has 0 aliphatic rings. The maximum absolute atomic E-state index is 0. The third-order valence-corrected chi connectivity index (χ3v) is 0. The summed E-state index contributed by atoms with van der Waals surface area (Å²) in [6.45, 7) is 0. The van der Waals surface area contributed by atoms with E-state index in [1.165, 1.54) is 0 Å². The van der Waals surface area contributed by atoms with Crippen molar-refractivity contribution in [3.8, 4) is 0 Å². The van der Waals surface area contributed by atoms with Gasteiger partial charge < -0.3 is 21.9 Å². The fourth-order valence-electron chi connectivity index (χ4n) is 0.